The van der Waals surface area contributed by atoms with Crippen LogP contribution < -0.4 is 5.73 Å². The van der Waals surface area contributed by atoms with Crippen molar-refractivity contribution in [1.29, 1.82) is 0 Å². The lowest BCUT2D eigenvalue weighted by Gasteiger charge is -2.19. The third-order valence-corrected chi connectivity index (χ3v) is 3.72. The minimum Gasteiger partial charge on any atom is -0.467 e. The normalized spacial score (nSPS) is 21.6. The summed E-state index contributed by atoms with van der Waals surface area (Å²) in [6.07, 6.45) is 3.89. The van der Waals surface area contributed by atoms with E-state index >= 15 is 0 Å². The molecule has 4 rings (SSSR count). The Bertz CT molecular complexity index is 701. The summed E-state index contributed by atoms with van der Waals surface area (Å²) in [6.45, 7) is 0. The lowest BCUT2D eigenvalue weighted by atomic mass is 10.1. The van der Waals surface area contributed by atoms with Crippen LogP contribution in [0.4, 0.5) is 5.82 Å². The van der Waals surface area contributed by atoms with Crippen molar-refractivity contribution >= 4 is 17.4 Å². The first-order chi connectivity index (χ1) is 10.2. The molecule has 1 fully saturated rings. The molecule has 3 heterocycles. The number of hydrogen-bond acceptors (Lipinski definition) is 7. The molecule has 1 saturated carbocycles. The highest BCUT2D eigenvalue weighted by Crippen LogP contribution is 2.39. The second kappa shape index (κ2) is 4.44. The van der Waals surface area contributed by atoms with Gasteiger partial charge in [-0.1, -0.05) is 0 Å². The Labute approximate surface area is 119 Å². The third-order valence-electron chi connectivity index (χ3n) is 3.72. The number of furan rings is 1. The number of hydrazone groups is 1. The average molecular weight is 287 g/mol. The third kappa shape index (κ3) is 1.99. The number of carbonyl (C=O) groups excluding carboxylic acids is 1. The predicted molar refractivity (Wildman–Crippen MR) is 70.9 cm³/mol. The number of amides is 1. The zero-order valence-corrected chi connectivity index (χ0v) is 11.1. The number of nitrogens with zero attached hydrogens (tertiary/aromatic N) is 4. The standard InChI is InChI=1S/C13H13N5O3/c14-12-11(16-21-17-12)8-6-9(10-2-1-5-20-10)18(15-8)13(19)7-3-4-7/h1-2,5,7,9H,3-4,6H2,(H2,14,17). The summed E-state index contributed by atoms with van der Waals surface area (Å²) in [7, 11) is 0. The maximum atomic E-state index is 12.4. The van der Waals surface area contributed by atoms with Gasteiger partial charge in [0.1, 0.15) is 11.8 Å². The average Bonchev–Trinajstić information content (AvgIpc) is 2.91. The summed E-state index contributed by atoms with van der Waals surface area (Å²) in [4.78, 5) is 12.4. The number of nitrogen functional groups attached to an aromatic ring is 1. The number of rotatable bonds is 3. The number of nitrogens with two attached hydrogens (primary N) is 1. The van der Waals surface area contributed by atoms with Crippen molar-refractivity contribution in [2.45, 2.75) is 25.3 Å². The Morgan fingerprint density at radius 2 is 2.24 bits per heavy atom. The van der Waals surface area contributed by atoms with E-state index in [1.54, 1.807) is 12.3 Å². The molecule has 2 aromatic rings. The van der Waals surface area contributed by atoms with Crippen LogP contribution in [0.25, 0.3) is 0 Å². The van der Waals surface area contributed by atoms with E-state index in [4.69, 9.17) is 10.2 Å². The van der Waals surface area contributed by atoms with E-state index in [-0.39, 0.29) is 23.7 Å². The summed E-state index contributed by atoms with van der Waals surface area (Å²) in [6, 6.07) is 3.36. The molecule has 108 valence electrons. The molecule has 1 atom stereocenters. The van der Waals surface area contributed by atoms with Crippen molar-refractivity contribution in [3.63, 3.8) is 0 Å². The van der Waals surface area contributed by atoms with Crippen molar-refractivity contribution in [3.05, 3.63) is 29.9 Å². The highest BCUT2D eigenvalue weighted by atomic mass is 16.6. The van der Waals surface area contributed by atoms with Gasteiger partial charge in [0.05, 0.1) is 12.0 Å². The zero-order chi connectivity index (χ0) is 14.4. The Balaban J connectivity index is 1.69. The van der Waals surface area contributed by atoms with Crippen molar-refractivity contribution in [3.8, 4) is 0 Å². The number of anilines is 1. The van der Waals surface area contributed by atoms with Crippen molar-refractivity contribution < 1.29 is 13.8 Å². The second-order valence-electron chi connectivity index (χ2n) is 5.24. The fourth-order valence-corrected chi connectivity index (χ4v) is 2.47. The van der Waals surface area contributed by atoms with Crippen LogP contribution in [0.5, 0.6) is 0 Å². The van der Waals surface area contributed by atoms with Gasteiger partial charge in [-0.3, -0.25) is 4.79 Å². The van der Waals surface area contributed by atoms with Gasteiger partial charge in [-0.2, -0.15) is 5.10 Å². The number of carbonyl (C=O) groups is 1. The molecule has 21 heavy (non-hydrogen) atoms. The molecular formula is C13H13N5O3. The molecule has 2 aromatic heterocycles. The Hall–Kier alpha value is -2.64. The summed E-state index contributed by atoms with van der Waals surface area (Å²) < 4.78 is 10.0. The van der Waals surface area contributed by atoms with Crippen LogP contribution in [0.2, 0.25) is 0 Å². The smallest absolute Gasteiger partial charge is 0.246 e. The summed E-state index contributed by atoms with van der Waals surface area (Å²) in [5, 5.41) is 13.2. The molecule has 1 unspecified atom stereocenters. The molecule has 8 heteroatoms. The largest absolute Gasteiger partial charge is 0.467 e. The fourth-order valence-electron chi connectivity index (χ4n) is 2.47. The van der Waals surface area contributed by atoms with Gasteiger partial charge in [0, 0.05) is 12.3 Å². The maximum absolute atomic E-state index is 12.4. The van der Waals surface area contributed by atoms with E-state index in [9.17, 15) is 4.79 Å². The van der Waals surface area contributed by atoms with Gasteiger partial charge in [-0.05, 0) is 35.3 Å². The predicted octanol–water partition coefficient (Wildman–Crippen LogP) is 1.33. The van der Waals surface area contributed by atoms with Crippen LogP contribution in [0.3, 0.4) is 0 Å². The summed E-state index contributed by atoms with van der Waals surface area (Å²) in [5.41, 5.74) is 6.68. The molecule has 1 amide bonds. The van der Waals surface area contributed by atoms with Gasteiger partial charge in [0.25, 0.3) is 0 Å². The molecule has 0 radical (unpaired) electrons. The summed E-state index contributed by atoms with van der Waals surface area (Å²) in [5.74, 6) is 0.949. The quantitative estimate of drug-likeness (QED) is 0.911. The fraction of sp³-hybridized carbons (Fsp3) is 0.385. The van der Waals surface area contributed by atoms with Crippen LogP contribution in [0.1, 0.15) is 36.8 Å². The van der Waals surface area contributed by atoms with Crippen LogP contribution >= 0.6 is 0 Å². The monoisotopic (exact) mass is 287 g/mol. The van der Waals surface area contributed by atoms with E-state index in [1.807, 2.05) is 6.07 Å². The Morgan fingerprint density at radius 3 is 2.86 bits per heavy atom. The Kier molecular flexibility index (Phi) is 2.56. The first-order valence-corrected chi connectivity index (χ1v) is 6.76. The van der Waals surface area contributed by atoms with Gasteiger partial charge in [0.2, 0.25) is 5.91 Å². The van der Waals surface area contributed by atoms with Gasteiger partial charge in [0.15, 0.2) is 11.5 Å². The molecule has 8 nitrogen and oxygen atoms in total. The zero-order valence-electron chi connectivity index (χ0n) is 11.1. The first-order valence-electron chi connectivity index (χ1n) is 6.76. The van der Waals surface area contributed by atoms with E-state index in [2.05, 4.69) is 20.0 Å². The van der Waals surface area contributed by atoms with Crippen molar-refractivity contribution in [2.24, 2.45) is 11.0 Å². The molecule has 0 bridgehead atoms. The minimum atomic E-state index is -0.265. The molecule has 1 aliphatic carbocycles. The topological polar surface area (TPSA) is 111 Å². The molecular weight excluding hydrogens is 274 g/mol. The number of aromatic nitrogens is 2. The molecule has 0 spiro atoms. The maximum Gasteiger partial charge on any atom is 0.246 e. The number of hydrogen-bond donors (Lipinski definition) is 1. The van der Waals surface area contributed by atoms with Crippen LogP contribution in [-0.2, 0) is 4.79 Å². The van der Waals surface area contributed by atoms with E-state index in [1.165, 1.54) is 5.01 Å². The Morgan fingerprint density at radius 1 is 1.38 bits per heavy atom. The van der Waals surface area contributed by atoms with Gasteiger partial charge in [-0.15, -0.1) is 0 Å². The van der Waals surface area contributed by atoms with Crippen molar-refractivity contribution in [2.75, 3.05) is 5.73 Å². The molecule has 2 aliphatic rings. The second-order valence-corrected chi connectivity index (χ2v) is 5.24. The van der Waals surface area contributed by atoms with Gasteiger partial charge in [-0.25, -0.2) is 9.64 Å². The van der Waals surface area contributed by atoms with E-state index in [0.29, 0.717) is 23.6 Å². The summed E-state index contributed by atoms with van der Waals surface area (Å²) >= 11 is 0. The first kappa shape index (κ1) is 12.1. The van der Waals surface area contributed by atoms with Crippen LogP contribution in [0.15, 0.2) is 32.5 Å². The lowest BCUT2D eigenvalue weighted by molar-refractivity contribution is -0.134. The van der Waals surface area contributed by atoms with Crippen LogP contribution in [-0.4, -0.2) is 26.9 Å². The van der Waals surface area contributed by atoms with Gasteiger partial charge >= 0.3 is 0 Å². The molecule has 0 aromatic carbocycles. The van der Waals surface area contributed by atoms with Crippen LogP contribution in [0, 0.1) is 5.92 Å². The molecule has 0 saturated heterocycles. The lowest BCUT2D eigenvalue weighted by Crippen LogP contribution is -2.28. The molecule has 1 aliphatic heterocycles. The van der Waals surface area contributed by atoms with Crippen molar-refractivity contribution in [1.82, 2.24) is 15.3 Å². The highest BCUT2D eigenvalue weighted by Gasteiger charge is 2.42. The van der Waals surface area contributed by atoms with Gasteiger partial charge < -0.3 is 10.2 Å². The SMILES string of the molecule is Nc1nonc1C1=NN(C(=O)C2CC2)C(c2ccco2)C1. The minimum absolute atomic E-state index is 0.0152. The molecule has 2 N–H and O–H groups in total. The van der Waals surface area contributed by atoms with E-state index in [0.717, 1.165) is 12.8 Å². The highest BCUT2D eigenvalue weighted by molar-refractivity contribution is 6.04. The van der Waals surface area contributed by atoms with E-state index < -0.39 is 0 Å².